The normalized spacial score (nSPS) is 10.9. The average Bonchev–Trinajstić information content (AvgIpc) is 2.37. The predicted molar refractivity (Wildman–Crippen MR) is 80.7 cm³/mol. The van der Waals surface area contributed by atoms with Crippen molar-refractivity contribution in [2.75, 3.05) is 0 Å². The number of para-hydroxylation sites is 1. The number of aromatic amines is 1. The molecule has 3 aromatic rings. The van der Waals surface area contributed by atoms with Crippen molar-refractivity contribution in [1.82, 2.24) is 14.5 Å². The Morgan fingerprint density at radius 2 is 2.05 bits per heavy atom. The highest BCUT2D eigenvalue weighted by Crippen LogP contribution is 2.21. The van der Waals surface area contributed by atoms with E-state index in [1.54, 1.807) is 18.3 Å². The summed E-state index contributed by atoms with van der Waals surface area (Å²) in [6.45, 7) is 0. The summed E-state index contributed by atoms with van der Waals surface area (Å²) < 4.78 is 1.83. The summed E-state index contributed by atoms with van der Waals surface area (Å²) in [5.41, 5.74) is -0.126. The van der Waals surface area contributed by atoms with Gasteiger partial charge in [-0.05, 0) is 28.1 Å². The molecule has 0 radical (unpaired) electrons. The van der Waals surface area contributed by atoms with Gasteiger partial charge in [0, 0.05) is 22.1 Å². The molecular formula is C13H7BrClN3O2. The van der Waals surface area contributed by atoms with Gasteiger partial charge in [-0.1, -0.05) is 23.7 Å². The van der Waals surface area contributed by atoms with E-state index in [-0.39, 0.29) is 5.15 Å². The molecule has 7 heteroatoms. The highest BCUT2D eigenvalue weighted by atomic mass is 79.9. The molecule has 0 amide bonds. The van der Waals surface area contributed by atoms with Gasteiger partial charge in [0.05, 0.1) is 11.2 Å². The summed E-state index contributed by atoms with van der Waals surface area (Å²) in [6.07, 6.45) is 1.61. The van der Waals surface area contributed by atoms with Crippen LogP contribution in [0.25, 0.3) is 16.6 Å². The van der Waals surface area contributed by atoms with E-state index in [0.717, 1.165) is 20.5 Å². The summed E-state index contributed by atoms with van der Waals surface area (Å²) in [5, 5.41) is 0.824. The number of H-pyrrole nitrogens is 1. The Balaban J connectivity index is 2.42. The van der Waals surface area contributed by atoms with Crippen LogP contribution in [0.2, 0.25) is 5.15 Å². The molecule has 0 unspecified atom stereocenters. The molecule has 0 saturated carbocycles. The number of aromatic nitrogens is 3. The fraction of sp³-hybridized carbons (Fsp3) is 0. The van der Waals surface area contributed by atoms with Crippen LogP contribution in [0.3, 0.4) is 0 Å². The number of nitrogens with one attached hydrogen (secondary N) is 1. The largest absolute Gasteiger partial charge is 0.334 e. The predicted octanol–water partition coefficient (Wildman–Crippen LogP) is 2.49. The van der Waals surface area contributed by atoms with Crippen molar-refractivity contribution in [3.63, 3.8) is 0 Å². The zero-order chi connectivity index (χ0) is 14.3. The van der Waals surface area contributed by atoms with Crippen LogP contribution in [-0.2, 0) is 0 Å². The summed E-state index contributed by atoms with van der Waals surface area (Å²) in [5.74, 6) is 0. The molecule has 0 bridgehead atoms. The van der Waals surface area contributed by atoms with Gasteiger partial charge in [0.2, 0.25) is 0 Å². The maximum absolute atomic E-state index is 12.0. The van der Waals surface area contributed by atoms with Crippen LogP contribution in [0.1, 0.15) is 0 Å². The lowest BCUT2D eigenvalue weighted by Crippen LogP contribution is -2.33. The van der Waals surface area contributed by atoms with Gasteiger partial charge in [0.1, 0.15) is 5.15 Å². The monoisotopic (exact) mass is 351 g/mol. The molecule has 1 N–H and O–H groups in total. The molecule has 0 aliphatic rings. The fourth-order valence-corrected chi connectivity index (χ4v) is 2.52. The lowest BCUT2D eigenvalue weighted by molar-refractivity contribution is 0.879. The summed E-state index contributed by atoms with van der Waals surface area (Å²) in [7, 11) is 0. The molecule has 0 fully saturated rings. The average molecular weight is 353 g/mol. The van der Waals surface area contributed by atoms with Crippen LogP contribution in [0.4, 0.5) is 0 Å². The van der Waals surface area contributed by atoms with Crippen LogP contribution in [0.15, 0.2) is 50.6 Å². The summed E-state index contributed by atoms with van der Waals surface area (Å²) >= 11 is 8.99. The lowest BCUT2D eigenvalue weighted by atomic mass is 10.2. The van der Waals surface area contributed by atoms with E-state index in [9.17, 15) is 9.59 Å². The number of hydrogen-bond acceptors (Lipinski definition) is 3. The number of nitrogens with zero attached hydrogens (tertiary/aromatic N) is 2. The van der Waals surface area contributed by atoms with E-state index in [1.807, 2.05) is 12.1 Å². The Labute approximate surface area is 126 Å². The molecule has 0 atom stereocenters. The molecule has 0 aliphatic carbocycles. The van der Waals surface area contributed by atoms with Crippen molar-refractivity contribution in [2.45, 2.75) is 0 Å². The molecule has 3 rings (SSSR count). The van der Waals surface area contributed by atoms with Gasteiger partial charge < -0.3 is 0 Å². The number of fused-ring (bicyclic) bond motifs is 1. The second kappa shape index (κ2) is 4.88. The topological polar surface area (TPSA) is 67.8 Å². The lowest BCUT2D eigenvalue weighted by Gasteiger charge is -2.07. The first kappa shape index (κ1) is 13.1. The number of benzene rings is 1. The van der Waals surface area contributed by atoms with Gasteiger partial charge in [-0.25, -0.2) is 9.36 Å². The quantitative estimate of drug-likeness (QED) is 0.684. The minimum Gasteiger partial charge on any atom is -0.297 e. The van der Waals surface area contributed by atoms with E-state index in [2.05, 4.69) is 25.9 Å². The molecule has 5 nitrogen and oxygen atoms in total. The minimum atomic E-state index is -0.597. The number of halogens is 2. The third-order valence-electron chi connectivity index (χ3n) is 2.80. The Kier molecular flexibility index (Phi) is 3.19. The Morgan fingerprint density at radius 1 is 1.25 bits per heavy atom. The smallest absolute Gasteiger partial charge is 0.297 e. The van der Waals surface area contributed by atoms with Gasteiger partial charge >= 0.3 is 5.69 Å². The number of pyridine rings is 1. The van der Waals surface area contributed by atoms with Crippen molar-refractivity contribution >= 4 is 38.4 Å². The molecular weight excluding hydrogens is 346 g/mol. The molecule has 20 heavy (non-hydrogen) atoms. The first-order valence-electron chi connectivity index (χ1n) is 5.63. The fourth-order valence-electron chi connectivity index (χ4n) is 1.99. The van der Waals surface area contributed by atoms with E-state index < -0.39 is 11.2 Å². The van der Waals surface area contributed by atoms with Gasteiger partial charge in [0.25, 0.3) is 5.56 Å². The van der Waals surface area contributed by atoms with E-state index in [4.69, 9.17) is 11.6 Å². The molecule has 1 aromatic carbocycles. The Morgan fingerprint density at radius 3 is 2.80 bits per heavy atom. The SMILES string of the molecule is O=c1cc(Cl)[nH]c(=O)n1-c1cccc2cc(Br)cnc12. The van der Waals surface area contributed by atoms with Crippen molar-refractivity contribution in [3.8, 4) is 5.69 Å². The second-order valence-electron chi connectivity index (χ2n) is 4.10. The Bertz CT molecular complexity index is 902. The van der Waals surface area contributed by atoms with Crippen LogP contribution < -0.4 is 11.2 Å². The summed E-state index contributed by atoms with van der Waals surface area (Å²) in [6, 6.07) is 8.29. The highest BCUT2D eigenvalue weighted by molar-refractivity contribution is 9.10. The number of rotatable bonds is 1. The second-order valence-corrected chi connectivity index (χ2v) is 5.42. The van der Waals surface area contributed by atoms with Crippen LogP contribution in [0, 0.1) is 0 Å². The van der Waals surface area contributed by atoms with Crippen molar-refractivity contribution < 1.29 is 0 Å². The van der Waals surface area contributed by atoms with Gasteiger partial charge in [-0.15, -0.1) is 0 Å². The van der Waals surface area contributed by atoms with Crippen molar-refractivity contribution in [2.24, 2.45) is 0 Å². The molecule has 100 valence electrons. The van der Waals surface area contributed by atoms with Crippen molar-refractivity contribution in [3.05, 3.63) is 67.0 Å². The standard InChI is InChI=1S/C13H7BrClN3O2/c14-8-4-7-2-1-3-9(12(7)16-6-8)18-11(19)5-10(15)17-13(18)20/h1-6H,(H,17,20). The molecule has 0 spiro atoms. The summed E-state index contributed by atoms with van der Waals surface area (Å²) in [4.78, 5) is 30.6. The first-order valence-corrected chi connectivity index (χ1v) is 6.80. The molecule has 0 saturated heterocycles. The minimum absolute atomic E-state index is 0.00666. The van der Waals surface area contributed by atoms with Gasteiger partial charge in [0.15, 0.2) is 0 Å². The maximum Gasteiger partial charge on any atom is 0.334 e. The highest BCUT2D eigenvalue weighted by Gasteiger charge is 2.10. The van der Waals surface area contributed by atoms with Gasteiger partial charge in [-0.3, -0.25) is 14.8 Å². The first-order chi connectivity index (χ1) is 9.56. The number of hydrogen-bond donors (Lipinski definition) is 1. The van der Waals surface area contributed by atoms with Gasteiger partial charge in [-0.2, -0.15) is 0 Å². The van der Waals surface area contributed by atoms with Crippen LogP contribution >= 0.6 is 27.5 Å². The zero-order valence-electron chi connectivity index (χ0n) is 9.93. The maximum atomic E-state index is 12.0. The third-order valence-corrected chi connectivity index (χ3v) is 3.43. The van der Waals surface area contributed by atoms with E-state index in [0.29, 0.717) is 11.2 Å². The van der Waals surface area contributed by atoms with Crippen molar-refractivity contribution in [1.29, 1.82) is 0 Å². The van der Waals surface area contributed by atoms with Crippen LogP contribution in [0.5, 0.6) is 0 Å². The molecule has 2 aromatic heterocycles. The van der Waals surface area contributed by atoms with Crippen LogP contribution in [-0.4, -0.2) is 14.5 Å². The Hall–Kier alpha value is -1.92. The van der Waals surface area contributed by atoms with E-state index in [1.165, 1.54) is 0 Å². The van der Waals surface area contributed by atoms with E-state index >= 15 is 0 Å². The molecule has 2 heterocycles. The zero-order valence-corrected chi connectivity index (χ0v) is 12.3. The third kappa shape index (κ3) is 2.17. The molecule has 0 aliphatic heterocycles.